The molecule has 0 bridgehead atoms. The molecule has 3 atom stereocenters. The largest absolute Gasteiger partial charge is 0.394 e. The fraction of sp³-hybridized carbons (Fsp3) is 0.941. The van der Waals surface area contributed by atoms with Crippen molar-refractivity contribution >= 4 is 5.91 Å². The second kappa shape index (κ2) is 7.05. The van der Waals surface area contributed by atoms with Crippen LogP contribution in [-0.2, 0) is 4.79 Å². The molecular formula is C17H31N3O3. The van der Waals surface area contributed by atoms with Gasteiger partial charge in [0.1, 0.15) is 0 Å². The van der Waals surface area contributed by atoms with Crippen LogP contribution in [0.25, 0.3) is 0 Å². The minimum Gasteiger partial charge on any atom is -0.394 e. The summed E-state index contributed by atoms with van der Waals surface area (Å²) in [6, 6.07) is -0.221. The highest BCUT2D eigenvalue weighted by atomic mass is 16.3. The first kappa shape index (κ1) is 17.1. The Balaban J connectivity index is 1.42. The molecule has 132 valence electrons. The molecule has 2 heterocycles. The Morgan fingerprint density at radius 2 is 2.13 bits per heavy atom. The van der Waals surface area contributed by atoms with Crippen molar-refractivity contribution < 1.29 is 15.0 Å². The predicted octanol–water partition coefficient (Wildman–Crippen LogP) is -0.205. The number of amides is 1. The highest BCUT2D eigenvalue weighted by molar-refractivity contribution is 5.82. The highest BCUT2D eigenvalue weighted by Crippen LogP contribution is 2.53. The molecule has 23 heavy (non-hydrogen) atoms. The van der Waals surface area contributed by atoms with Crippen molar-refractivity contribution in [1.29, 1.82) is 0 Å². The van der Waals surface area contributed by atoms with Gasteiger partial charge in [-0.15, -0.1) is 0 Å². The number of rotatable bonds is 6. The SMILES string of the molecule is C[C@@H]1NCCN([C@H](CO)CCCN2CCC3(CC3)[C@H](O)C2)C1=O. The van der Waals surface area contributed by atoms with E-state index in [0.29, 0.717) is 6.54 Å². The summed E-state index contributed by atoms with van der Waals surface area (Å²) >= 11 is 0. The van der Waals surface area contributed by atoms with E-state index >= 15 is 0 Å². The molecule has 2 aliphatic heterocycles. The van der Waals surface area contributed by atoms with Gasteiger partial charge in [0.15, 0.2) is 0 Å². The lowest BCUT2D eigenvalue weighted by Crippen LogP contribution is -2.57. The van der Waals surface area contributed by atoms with Gasteiger partial charge in [-0.25, -0.2) is 0 Å². The van der Waals surface area contributed by atoms with Gasteiger partial charge in [0.2, 0.25) is 5.91 Å². The second-order valence-corrected chi connectivity index (χ2v) is 7.61. The minimum absolute atomic E-state index is 0.0319. The third kappa shape index (κ3) is 3.71. The van der Waals surface area contributed by atoms with Crippen LogP contribution in [0, 0.1) is 5.41 Å². The molecular weight excluding hydrogens is 294 g/mol. The van der Waals surface area contributed by atoms with E-state index in [9.17, 15) is 15.0 Å². The summed E-state index contributed by atoms with van der Waals surface area (Å²) in [5, 5.41) is 23.1. The molecule has 1 amide bonds. The van der Waals surface area contributed by atoms with Crippen molar-refractivity contribution in [2.24, 2.45) is 5.41 Å². The number of nitrogens with zero attached hydrogens (tertiary/aromatic N) is 2. The average Bonchev–Trinajstić information content (AvgIpc) is 3.32. The molecule has 6 nitrogen and oxygen atoms in total. The number of nitrogens with one attached hydrogen (secondary N) is 1. The van der Waals surface area contributed by atoms with E-state index in [2.05, 4.69) is 10.2 Å². The predicted molar refractivity (Wildman–Crippen MR) is 88.0 cm³/mol. The van der Waals surface area contributed by atoms with Gasteiger partial charge >= 0.3 is 0 Å². The maximum Gasteiger partial charge on any atom is 0.239 e. The summed E-state index contributed by atoms with van der Waals surface area (Å²) in [4.78, 5) is 16.4. The van der Waals surface area contributed by atoms with Gasteiger partial charge < -0.3 is 25.3 Å². The molecule has 1 spiro atoms. The van der Waals surface area contributed by atoms with Crippen molar-refractivity contribution in [2.75, 3.05) is 39.3 Å². The summed E-state index contributed by atoms with van der Waals surface area (Å²) in [5.74, 6) is 0.0966. The molecule has 0 aromatic carbocycles. The normalized spacial score (nSPS) is 32.3. The van der Waals surface area contributed by atoms with Crippen LogP contribution in [0.15, 0.2) is 0 Å². The number of piperazine rings is 1. The first-order valence-electron chi connectivity index (χ1n) is 9.11. The van der Waals surface area contributed by atoms with Crippen LogP contribution in [0.2, 0.25) is 0 Å². The maximum absolute atomic E-state index is 12.2. The lowest BCUT2D eigenvalue weighted by atomic mass is 9.90. The van der Waals surface area contributed by atoms with Crippen molar-refractivity contribution in [3.8, 4) is 0 Å². The van der Waals surface area contributed by atoms with Crippen molar-refractivity contribution in [3.63, 3.8) is 0 Å². The van der Waals surface area contributed by atoms with E-state index in [1.165, 1.54) is 12.8 Å². The van der Waals surface area contributed by atoms with E-state index in [4.69, 9.17) is 0 Å². The van der Waals surface area contributed by atoms with E-state index in [0.717, 1.165) is 45.4 Å². The topological polar surface area (TPSA) is 76.0 Å². The number of aliphatic hydroxyl groups is 2. The van der Waals surface area contributed by atoms with Crippen LogP contribution in [0.3, 0.4) is 0 Å². The standard InChI is InChI=1S/C17H31N3O3/c1-13-16(23)20(10-7-18-13)14(12-21)3-2-8-19-9-6-17(4-5-17)15(22)11-19/h13-15,18,21-22H,2-12H2,1H3/t13-,14-,15+/m0/s1. The monoisotopic (exact) mass is 325 g/mol. The average molecular weight is 325 g/mol. The van der Waals surface area contributed by atoms with Gasteiger partial charge in [-0.1, -0.05) is 0 Å². The zero-order valence-corrected chi connectivity index (χ0v) is 14.2. The Morgan fingerprint density at radius 1 is 1.35 bits per heavy atom. The van der Waals surface area contributed by atoms with Gasteiger partial charge in [0, 0.05) is 19.6 Å². The minimum atomic E-state index is -0.166. The number of aliphatic hydroxyl groups excluding tert-OH is 2. The quantitative estimate of drug-likeness (QED) is 0.630. The second-order valence-electron chi connectivity index (χ2n) is 7.61. The summed E-state index contributed by atoms with van der Waals surface area (Å²) in [5.41, 5.74) is 0.257. The Morgan fingerprint density at radius 3 is 2.78 bits per heavy atom. The fourth-order valence-electron chi connectivity index (χ4n) is 4.13. The van der Waals surface area contributed by atoms with E-state index in [-0.39, 0.29) is 36.1 Å². The van der Waals surface area contributed by atoms with Crippen molar-refractivity contribution in [1.82, 2.24) is 15.1 Å². The first-order valence-corrected chi connectivity index (χ1v) is 9.11. The molecule has 3 aliphatic rings. The molecule has 0 radical (unpaired) electrons. The molecule has 3 rings (SSSR count). The van der Waals surface area contributed by atoms with E-state index in [1.54, 1.807) is 0 Å². The van der Waals surface area contributed by atoms with E-state index in [1.807, 2.05) is 11.8 Å². The number of carbonyl (C=O) groups is 1. The Labute approximate surface area is 138 Å². The number of hydrogen-bond acceptors (Lipinski definition) is 5. The van der Waals surface area contributed by atoms with Crippen LogP contribution in [0.5, 0.6) is 0 Å². The Bertz CT molecular complexity index is 427. The Hall–Kier alpha value is -0.690. The lowest BCUT2D eigenvalue weighted by molar-refractivity contribution is -0.138. The maximum atomic E-state index is 12.2. The summed E-state index contributed by atoms with van der Waals surface area (Å²) < 4.78 is 0. The van der Waals surface area contributed by atoms with Crippen LogP contribution in [0.1, 0.15) is 39.0 Å². The Kier molecular flexibility index (Phi) is 5.26. The third-order valence-electron chi connectivity index (χ3n) is 6.08. The molecule has 1 aliphatic carbocycles. The molecule has 1 saturated carbocycles. The van der Waals surface area contributed by atoms with Gasteiger partial charge in [0.05, 0.1) is 24.8 Å². The van der Waals surface area contributed by atoms with E-state index < -0.39 is 0 Å². The summed E-state index contributed by atoms with van der Waals surface area (Å²) in [6.07, 6.45) is 5.12. The first-order chi connectivity index (χ1) is 11.1. The van der Waals surface area contributed by atoms with Crippen LogP contribution in [0.4, 0.5) is 0 Å². The van der Waals surface area contributed by atoms with Gasteiger partial charge in [-0.05, 0) is 57.5 Å². The van der Waals surface area contributed by atoms with Crippen molar-refractivity contribution in [3.05, 3.63) is 0 Å². The molecule has 0 aromatic rings. The fourth-order valence-corrected chi connectivity index (χ4v) is 4.13. The van der Waals surface area contributed by atoms with Gasteiger partial charge in [-0.2, -0.15) is 0 Å². The molecule has 6 heteroatoms. The zero-order valence-electron chi connectivity index (χ0n) is 14.2. The smallest absolute Gasteiger partial charge is 0.239 e. The molecule has 3 fully saturated rings. The number of likely N-dealkylation sites (tertiary alicyclic amines) is 1. The number of β-amino-alcohol motifs (C(OH)–C–C–N with tert-alkyl or cyclic N) is 1. The molecule has 0 aromatic heterocycles. The number of carbonyl (C=O) groups excluding carboxylic acids is 1. The lowest BCUT2D eigenvalue weighted by Gasteiger charge is -2.38. The van der Waals surface area contributed by atoms with Gasteiger partial charge in [0.25, 0.3) is 0 Å². The third-order valence-corrected chi connectivity index (χ3v) is 6.08. The van der Waals surface area contributed by atoms with Crippen molar-refractivity contribution in [2.45, 2.75) is 57.2 Å². The zero-order chi connectivity index (χ0) is 16.4. The number of piperidine rings is 1. The van der Waals surface area contributed by atoms with Crippen LogP contribution < -0.4 is 5.32 Å². The van der Waals surface area contributed by atoms with Crippen LogP contribution >= 0.6 is 0 Å². The van der Waals surface area contributed by atoms with Gasteiger partial charge in [-0.3, -0.25) is 4.79 Å². The summed E-state index contributed by atoms with van der Waals surface area (Å²) in [6.45, 7) is 6.19. The summed E-state index contributed by atoms with van der Waals surface area (Å²) in [7, 11) is 0. The highest BCUT2D eigenvalue weighted by Gasteiger charge is 2.51. The molecule has 2 saturated heterocycles. The number of hydrogen-bond donors (Lipinski definition) is 3. The van der Waals surface area contributed by atoms with Crippen LogP contribution in [-0.4, -0.2) is 83.4 Å². The molecule has 3 N–H and O–H groups in total. The molecule has 0 unspecified atom stereocenters.